The molecule has 0 bridgehead atoms. The normalized spacial score (nSPS) is 17.5. The van der Waals surface area contributed by atoms with Crippen LogP contribution in [0.3, 0.4) is 0 Å². The zero-order valence-electron chi connectivity index (χ0n) is 13.1. The van der Waals surface area contributed by atoms with Crippen molar-refractivity contribution in [1.82, 2.24) is 9.88 Å². The maximum Gasteiger partial charge on any atom is 0.267 e. The van der Waals surface area contributed by atoms with E-state index in [1.54, 1.807) is 48.7 Å². The van der Waals surface area contributed by atoms with Crippen molar-refractivity contribution in [3.8, 4) is 5.75 Å². The van der Waals surface area contributed by atoms with Crippen molar-refractivity contribution >= 4 is 46.2 Å². The van der Waals surface area contributed by atoms with Gasteiger partial charge in [-0.3, -0.25) is 9.69 Å². The Morgan fingerprint density at radius 1 is 1.36 bits per heavy atom. The van der Waals surface area contributed by atoms with Gasteiger partial charge in [-0.15, -0.1) is 6.58 Å². The second-order valence-electron chi connectivity index (χ2n) is 5.12. The standard InChI is InChI=1S/C18H14ClN3O2S/c1-2-9-22-17(24)15(11-12-5-3-6-13(23)10-12)25-18(22)21-14-7-4-8-20-16(14)19/h2-8,10-11,23H,1,9H2/b15-11-,21-18?. The van der Waals surface area contributed by atoms with Crippen LogP contribution in [0.5, 0.6) is 5.75 Å². The lowest BCUT2D eigenvalue weighted by molar-refractivity contribution is -0.121. The minimum absolute atomic E-state index is 0.142. The van der Waals surface area contributed by atoms with Crippen LogP contribution in [-0.2, 0) is 4.79 Å². The van der Waals surface area contributed by atoms with Crippen molar-refractivity contribution < 1.29 is 9.90 Å². The van der Waals surface area contributed by atoms with Gasteiger partial charge in [0.25, 0.3) is 5.91 Å². The lowest BCUT2D eigenvalue weighted by Crippen LogP contribution is -2.29. The van der Waals surface area contributed by atoms with E-state index in [1.165, 1.54) is 16.7 Å². The summed E-state index contributed by atoms with van der Waals surface area (Å²) in [4.78, 5) is 23.2. The molecule has 1 aliphatic rings. The van der Waals surface area contributed by atoms with Gasteiger partial charge in [-0.05, 0) is 47.7 Å². The van der Waals surface area contributed by atoms with Gasteiger partial charge in [-0.1, -0.05) is 29.8 Å². The topological polar surface area (TPSA) is 65.8 Å². The van der Waals surface area contributed by atoms with E-state index in [9.17, 15) is 9.90 Å². The molecule has 0 aliphatic carbocycles. The van der Waals surface area contributed by atoms with Crippen LogP contribution in [0.2, 0.25) is 5.15 Å². The van der Waals surface area contributed by atoms with Gasteiger partial charge in [0.1, 0.15) is 11.4 Å². The van der Waals surface area contributed by atoms with Gasteiger partial charge < -0.3 is 5.11 Å². The number of thioether (sulfide) groups is 1. The van der Waals surface area contributed by atoms with Crippen LogP contribution in [-0.4, -0.2) is 32.6 Å². The van der Waals surface area contributed by atoms with Crippen LogP contribution in [0.1, 0.15) is 5.56 Å². The summed E-state index contributed by atoms with van der Waals surface area (Å²) in [7, 11) is 0. The number of rotatable bonds is 4. The fourth-order valence-electron chi connectivity index (χ4n) is 2.21. The smallest absolute Gasteiger partial charge is 0.267 e. The monoisotopic (exact) mass is 371 g/mol. The number of hydrogen-bond donors (Lipinski definition) is 1. The Kier molecular flexibility index (Phi) is 5.21. The molecule has 5 nitrogen and oxygen atoms in total. The molecule has 0 spiro atoms. The third kappa shape index (κ3) is 3.92. The van der Waals surface area contributed by atoms with Crippen LogP contribution < -0.4 is 0 Å². The summed E-state index contributed by atoms with van der Waals surface area (Å²) in [6.07, 6.45) is 4.93. The number of carbonyl (C=O) groups excluding carboxylic acids is 1. The highest BCUT2D eigenvalue weighted by atomic mass is 35.5. The minimum atomic E-state index is -0.174. The quantitative estimate of drug-likeness (QED) is 0.496. The van der Waals surface area contributed by atoms with Gasteiger partial charge in [0.15, 0.2) is 10.3 Å². The van der Waals surface area contributed by atoms with E-state index in [2.05, 4.69) is 16.6 Å². The van der Waals surface area contributed by atoms with Crippen LogP contribution >= 0.6 is 23.4 Å². The van der Waals surface area contributed by atoms with Gasteiger partial charge in [0.05, 0.1) is 4.91 Å². The number of pyridine rings is 1. The van der Waals surface area contributed by atoms with Crippen LogP contribution in [0.15, 0.2) is 65.1 Å². The van der Waals surface area contributed by atoms with Gasteiger partial charge in [0, 0.05) is 12.7 Å². The molecule has 2 heterocycles. The Hall–Kier alpha value is -2.57. The number of phenolic OH excluding ortho intramolecular Hbond substituents is 1. The third-order valence-electron chi connectivity index (χ3n) is 3.32. The molecule has 3 rings (SSSR count). The second-order valence-corrected chi connectivity index (χ2v) is 6.48. The molecule has 1 aromatic carbocycles. The molecule has 2 aromatic rings. The maximum atomic E-state index is 12.7. The van der Waals surface area contributed by atoms with E-state index >= 15 is 0 Å². The second kappa shape index (κ2) is 7.55. The first-order valence-corrected chi connectivity index (χ1v) is 8.58. The molecule has 0 radical (unpaired) electrons. The van der Waals surface area contributed by atoms with Gasteiger partial charge in [-0.25, -0.2) is 9.98 Å². The highest BCUT2D eigenvalue weighted by molar-refractivity contribution is 8.18. The Labute approximate surface area is 154 Å². The molecule has 0 saturated carbocycles. The summed E-state index contributed by atoms with van der Waals surface area (Å²) < 4.78 is 0. The fourth-order valence-corrected chi connectivity index (χ4v) is 3.37. The average molecular weight is 372 g/mol. The highest BCUT2D eigenvalue weighted by Gasteiger charge is 2.32. The van der Waals surface area contributed by atoms with Crippen LogP contribution in [0.25, 0.3) is 6.08 Å². The molecule has 0 atom stereocenters. The van der Waals surface area contributed by atoms with Crippen LogP contribution in [0, 0.1) is 0 Å². The average Bonchev–Trinajstić information content (AvgIpc) is 2.86. The van der Waals surface area contributed by atoms with E-state index in [1.807, 2.05) is 6.07 Å². The van der Waals surface area contributed by atoms with Crippen molar-refractivity contribution in [3.63, 3.8) is 0 Å². The number of nitrogens with zero attached hydrogens (tertiary/aromatic N) is 3. The third-order valence-corrected chi connectivity index (χ3v) is 4.62. The number of amides is 1. The van der Waals surface area contributed by atoms with E-state index in [0.717, 1.165) is 5.56 Å². The number of benzene rings is 1. The van der Waals surface area contributed by atoms with E-state index in [0.29, 0.717) is 22.3 Å². The van der Waals surface area contributed by atoms with Crippen molar-refractivity contribution in [2.75, 3.05) is 6.54 Å². The SMILES string of the molecule is C=CCN1C(=O)/C(=C/c2cccc(O)c2)SC1=Nc1cccnc1Cl. The number of halogens is 1. The molecule has 1 fully saturated rings. The van der Waals surface area contributed by atoms with Gasteiger partial charge in [-0.2, -0.15) is 0 Å². The summed E-state index contributed by atoms with van der Waals surface area (Å²) in [5.74, 6) is -0.0317. The molecule has 1 amide bonds. The maximum absolute atomic E-state index is 12.7. The minimum Gasteiger partial charge on any atom is -0.508 e. The Morgan fingerprint density at radius 2 is 2.20 bits per heavy atom. The summed E-state index contributed by atoms with van der Waals surface area (Å²) in [5, 5.41) is 10.4. The number of aromatic nitrogens is 1. The van der Waals surface area contributed by atoms with Crippen molar-refractivity contribution in [3.05, 3.63) is 70.9 Å². The first kappa shape index (κ1) is 17.3. The number of aromatic hydroxyl groups is 1. The van der Waals surface area contributed by atoms with Gasteiger partial charge >= 0.3 is 0 Å². The number of hydrogen-bond acceptors (Lipinski definition) is 5. The Morgan fingerprint density at radius 3 is 2.92 bits per heavy atom. The zero-order valence-corrected chi connectivity index (χ0v) is 14.7. The summed E-state index contributed by atoms with van der Waals surface area (Å²) >= 11 is 7.30. The summed E-state index contributed by atoms with van der Waals surface area (Å²) in [6, 6.07) is 10.2. The molecule has 1 aromatic heterocycles. The first-order valence-electron chi connectivity index (χ1n) is 7.39. The van der Waals surface area contributed by atoms with Crippen molar-refractivity contribution in [2.45, 2.75) is 0 Å². The van der Waals surface area contributed by atoms with Crippen molar-refractivity contribution in [2.24, 2.45) is 4.99 Å². The largest absolute Gasteiger partial charge is 0.508 e. The molecule has 1 saturated heterocycles. The highest BCUT2D eigenvalue weighted by Crippen LogP contribution is 2.35. The Bertz CT molecular complexity index is 895. The summed E-state index contributed by atoms with van der Waals surface area (Å²) in [5.41, 5.74) is 1.22. The van der Waals surface area contributed by atoms with E-state index < -0.39 is 0 Å². The molecule has 126 valence electrons. The lowest BCUT2D eigenvalue weighted by atomic mass is 10.2. The molecule has 25 heavy (non-hydrogen) atoms. The molecular formula is C18H14ClN3O2S. The molecule has 0 unspecified atom stereocenters. The fraction of sp³-hybridized carbons (Fsp3) is 0.0556. The Balaban J connectivity index is 1.98. The molecule has 1 N–H and O–H groups in total. The molecule has 1 aliphatic heterocycles. The number of phenols is 1. The lowest BCUT2D eigenvalue weighted by Gasteiger charge is -2.12. The number of aliphatic imine (C=N–C) groups is 1. The van der Waals surface area contributed by atoms with Crippen molar-refractivity contribution in [1.29, 1.82) is 0 Å². The predicted octanol–water partition coefficient (Wildman–Crippen LogP) is 4.23. The molecule has 7 heteroatoms. The number of amidine groups is 1. The zero-order chi connectivity index (χ0) is 17.8. The molecular weight excluding hydrogens is 358 g/mol. The van der Waals surface area contributed by atoms with Crippen LogP contribution in [0.4, 0.5) is 5.69 Å². The van der Waals surface area contributed by atoms with E-state index in [4.69, 9.17) is 11.6 Å². The van der Waals surface area contributed by atoms with Gasteiger partial charge in [0.2, 0.25) is 0 Å². The summed E-state index contributed by atoms with van der Waals surface area (Å²) in [6.45, 7) is 4.02. The first-order chi connectivity index (χ1) is 12.1. The number of carbonyl (C=O) groups is 1. The van der Waals surface area contributed by atoms with E-state index in [-0.39, 0.29) is 16.8 Å². The predicted molar refractivity (Wildman–Crippen MR) is 102 cm³/mol.